The Hall–Kier alpha value is -2.02. The molecule has 0 saturated carbocycles. The van der Waals surface area contributed by atoms with E-state index in [9.17, 15) is 19.7 Å². The number of carbonyl (C=O) groups is 2. The van der Waals surface area contributed by atoms with Gasteiger partial charge in [0.05, 0.1) is 12.0 Å². The van der Waals surface area contributed by atoms with Crippen LogP contribution < -0.4 is 0 Å². The smallest absolute Gasteiger partial charge is 0.341 e. The molecule has 0 aliphatic carbocycles. The van der Waals surface area contributed by atoms with Crippen LogP contribution in [0.15, 0.2) is 17.7 Å². The number of nitro groups is 1. The Kier molecular flexibility index (Phi) is 4.11. The Morgan fingerprint density at radius 3 is 2.53 bits per heavy atom. The summed E-state index contributed by atoms with van der Waals surface area (Å²) in [6.07, 6.45) is 1.28. The molecule has 0 aromatic carbocycles. The predicted octanol–water partition coefficient (Wildman–Crippen LogP) is 1.80. The van der Waals surface area contributed by atoms with Crippen LogP contribution in [0.2, 0.25) is 0 Å². The van der Waals surface area contributed by atoms with Crippen LogP contribution in [-0.2, 0) is 14.3 Å². The number of methoxy groups -OCH3 is 1. The summed E-state index contributed by atoms with van der Waals surface area (Å²) in [5.74, 6) is -1.21. The molecular formula is C10H9NO5S. The molecule has 17 heavy (non-hydrogen) atoms. The van der Waals surface area contributed by atoms with Gasteiger partial charge in [-0.2, -0.15) is 0 Å². The van der Waals surface area contributed by atoms with Crippen LogP contribution in [0.1, 0.15) is 11.8 Å². The van der Waals surface area contributed by atoms with Crippen molar-refractivity contribution in [2.75, 3.05) is 7.11 Å². The molecule has 0 unspecified atom stereocenters. The number of esters is 1. The molecule has 0 bridgehead atoms. The number of hydrogen-bond donors (Lipinski definition) is 0. The normalized spacial score (nSPS) is 11.1. The van der Waals surface area contributed by atoms with Gasteiger partial charge in [0.15, 0.2) is 5.78 Å². The second-order valence-electron chi connectivity index (χ2n) is 3.04. The monoisotopic (exact) mass is 255 g/mol. The minimum absolute atomic E-state index is 0.0518. The molecular weight excluding hydrogens is 246 g/mol. The highest BCUT2D eigenvalue weighted by Crippen LogP contribution is 2.26. The number of thiophene rings is 1. The first kappa shape index (κ1) is 13.0. The molecule has 0 N–H and O–H groups in total. The zero-order valence-electron chi connectivity index (χ0n) is 9.13. The fourth-order valence-corrected chi connectivity index (χ4v) is 1.84. The fraction of sp³-hybridized carbons (Fsp3) is 0.200. The van der Waals surface area contributed by atoms with Gasteiger partial charge in [-0.05, 0) is 19.1 Å². The number of rotatable bonds is 4. The molecule has 0 atom stereocenters. The van der Waals surface area contributed by atoms with E-state index in [0.717, 1.165) is 18.4 Å². The van der Waals surface area contributed by atoms with Crippen molar-refractivity contribution >= 4 is 34.2 Å². The SMILES string of the molecule is COC(=O)C(=Cc1ccc([N+](=O)[O-])s1)C(C)=O. The third-order valence-electron chi connectivity index (χ3n) is 1.86. The number of nitrogens with zero attached hydrogens (tertiary/aromatic N) is 1. The first-order valence-electron chi connectivity index (χ1n) is 4.51. The van der Waals surface area contributed by atoms with Gasteiger partial charge in [0, 0.05) is 10.9 Å². The van der Waals surface area contributed by atoms with E-state index in [1.165, 1.54) is 25.1 Å². The van der Waals surface area contributed by atoms with Gasteiger partial charge in [0.2, 0.25) is 0 Å². The van der Waals surface area contributed by atoms with Gasteiger partial charge in [-0.3, -0.25) is 14.9 Å². The average Bonchev–Trinajstić information content (AvgIpc) is 2.73. The summed E-state index contributed by atoms with van der Waals surface area (Å²) in [6, 6.07) is 2.78. The summed E-state index contributed by atoms with van der Waals surface area (Å²) < 4.78 is 4.44. The summed E-state index contributed by atoms with van der Waals surface area (Å²) in [7, 11) is 1.16. The van der Waals surface area contributed by atoms with Crippen LogP contribution in [-0.4, -0.2) is 23.8 Å². The number of Topliss-reactive ketones (excluding diaryl/α,β-unsaturated/α-hetero) is 1. The Balaban J connectivity index is 3.09. The van der Waals surface area contributed by atoms with Crippen LogP contribution in [0.5, 0.6) is 0 Å². The largest absolute Gasteiger partial charge is 0.465 e. The number of ketones is 1. The van der Waals surface area contributed by atoms with Crippen LogP contribution in [0.25, 0.3) is 6.08 Å². The van der Waals surface area contributed by atoms with Gasteiger partial charge in [-0.15, -0.1) is 0 Å². The molecule has 0 saturated heterocycles. The van der Waals surface area contributed by atoms with Gasteiger partial charge < -0.3 is 4.74 Å². The van der Waals surface area contributed by atoms with Crippen LogP contribution >= 0.6 is 11.3 Å². The van der Waals surface area contributed by atoms with E-state index in [0.29, 0.717) is 4.88 Å². The summed E-state index contributed by atoms with van der Waals surface area (Å²) in [5, 5.41) is 10.4. The van der Waals surface area contributed by atoms with Crippen molar-refractivity contribution in [1.29, 1.82) is 0 Å². The molecule has 0 aliphatic rings. The standard InChI is InChI=1S/C10H9NO5S/c1-6(12)8(10(13)16-2)5-7-3-4-9(17-7)11(14)15/h3-5H,1-2H3. The summed E-state index contributed by atoms with van der Waals surface area (Å²) >= 11 is 0.879. The highest BCUT2D eigenvalue weighted by atomic mass is 32.1. The highest BCUT2D eigenvalue weighted by Gasteiger charge is 2.16. The van der Waals surface area contributed by atoms with Crippen molar-refractivity contribution in [1.82, 2.24) is 0 Å². The molecule has 1 heterocycles. The highest BCUT2D eigenvalue weighted by molar-refractivity contribution is 7.16. The zero-order valence-corrected chi connectivity index (χ0v) is 9.95. The third-order valence-corrected chi connectivity index (χ3v) is 2.85. The number of ether oxygens (including phenoxy) is 1. The maximum absolute atomic E-state index is 11.3. The molecule has 7 heteroatoms. The quantitative estimate of drug-likeness (QED) is 0.204. The summed E-state index contributed by atoms with van der Waals surface area (Å²) in [6.45, 7) is 1.23. The predicted molar refractivity (Wildman–Crippen MR) is 61.6 cm³/mol. The first-order chi connectivity index (χ1) is 7.95. The lowest BCUT2D eigenvalue weighted by Gasteiger charge is -1.99. The Labute approximate surface area is 101 Å². The van der Waals surface area contributed by atoms with Gasteiger partial charge in [0.25, 0.3) is 0 Å². The van der Waals surface area contributed by atoms with E-state index in [4.69, 9.17) is 0 Å². The fourth-order valence-electron chi connectivity index (χ4n) is 1.07. The van der Waals surface area contributed by atoms with E-state index in [1.807, 2.05) is 0 Å². The van der Waals surface area contributed by atoms with Gasteiger partial charge in [-0.25, -0.2) is 4.79 Å². The Morgan fingerprint density at radius 2 is 2.12 bits per heavy atom. The second-order valence-corrected chi connectivity index (χ2v) is 4.13. The van der Waals surface area contributed by atoms with E-state index in [1.54, 1.807) is 0 Å². The second kappa shape index (κ2) is 5.35. The Morgan fingerprint density at radius 1 is 1.47 bits per heavy atom. The zero-order chi connectivity index (χ0) is 13.0. The number of hydrogen-bond acceptors (Lipinski definition) is 6. The lowest BCUT2D eigenvalue weighted by molar-refractivity contribution is -0.380. The summed E-state index contributed by atoms with van der Waals surface area (Å²) in [5.41, 5.74) is -0.135. The van der Waals surface area contributed by atoms with Crippen molar-refractivity contribution < 1.29 is 19.2 Å². The van der Waals surface area contributed by atoms with E-state index in [-0.39, 0.29) is 10.6 Å². The van der Waals surface area contributed by atoms with Crippen molar-refractivity contribution in [2.24, 2.45) is 0 Å². The molecule has 1 rings (SSSR count). The van der Waals surface area contributed by atoms with Crippen LogP contribution in [0.4, 0.5) is 5.00 Å². The molecule has 0 radical (unpaired) electrons. The van der Waals surface area contributed by atoms with Crippen molar-refractivity contribution in [3.63, 3.8) is 0 Å². The maximum Gasteiger partial charge on any atom is 0.341 e. The van der Waals surface area contributed by atoms with E-state index >= 15 is 0 Å². The van der Waals surface area contributed by atoms with Crippen LogP contribution in [0, 0.1) is 10.1 Å². The minimum atomic E-state index is -0.756. The van der Waals surface area contributed by atoms with Gasteiger partial charge in [0.1, 0.15) is 5.57 Å². The lowest BCUT2D eigenvalue weighted by Crippen LogP contribution is -2.11. The van der Waals surface area contributed by atoms with E-state index < -0.39 is 16.7 Å². The molecule has 0 amide bonds. The number of carbonyl (C=O) groups excluding carboxylic acids is 2. The minimum Gasteiger partial charge on any atom is -0.465 e. The molecule has 6 nitrogen and oxygen atoms in total. The molecule has 90 valence electrons. The molecule has 0 fully saturated rings. The topological polar surface area (TPSA) is 86.5 Å². The average molecular weight is 255 g/mol. The molecule has 0 spiro atoms. The van der Waals surface area contributed by atoms with E-state index in [2.05, 4.69) is 4.74 Å². The maximum atomic E-state index is 11.3. The summed E-state index contributed by atoms with van der Waals surface area (Å²) in [4.78, 5) is 32.8. The third kappa shape index (κ3) is 3.22. The molecule has 0 aliphatic heterocycles. The van der Waals surface area contributed by atoms with Gasteiger partial charge in [-0.1, -0.05) is 11.3 Å². The lowest BCUT2D eigenvalue weighted by atomic mass is 10.1. The van der Waals surface area contributed by atoms with Crippen molar-refractivity contribution in [3.8, 4) is 0 Å². The molecule has 1 aromatic heterocycles. The molecule has 1 aromatic rings. The van der Waals surface area contributed by atoms with Crippen molar-refractivity contribution in [2.45, 2.75) is 6.92 Å². The van der Waals surface area contributed by atoms with Crippen molar-refractivity contribution in [3.05, 3.63) is 32.7 Å². The van der Waals surface area contributed by atoms with Gasteiger partial charge >= 0.3 is 11.0 Å². The first-order valence-corrected chi connectivity index (χ1v) is 5.32. The van der Waals surface area contributed by atoms with Crippen LogP contribution in [0.3, 0.4) is 0 Å². The Bertz CT molecular complexity index is 503.